The number of likely N-dealkylation sites (tertiary alicyclic amines) is 1. The summed E-state index contributed by atoms with van der Waals surface area (Å²) in [6.45, 7) is 5.13. The van der Waals surface area contributed by atoms with Crippen molar-refractivity contribution in [3.05, 3.63) is 35.9 Å². The summed E-state index contributed by atoms with van der Waals surface area (Å²) in [7, 11) is 2.17. The first-order valence-corrected chi connectivity index (χ1v) is 7.95. The molecule has 2 saturated heterocycles. The number of hydrogen-bond acceptors (Lipinski definition) is 3. The molecular formula is C17H25N3O. The summed E-state index contributed by atoms with van der Waals surface area (Å²) in [6.07, 6.45) is 2.42. The van der Waals surface area contributed by atoms with Crippen LogP contribution in [0.3, 0.4) is 0 Å². The maximum Gasteiger partial charge on any atom is 0.241 e. The van der Waals surface area contributed by atoms with E-state index in [-0.39, 0.29) is 18.1 Å². The molecule has 1 aromatic rings. The maximum absolute atomic E-state index is 12.5. The Kier molecular flexibility index (Phi) is 4.27. The van der Waals surface area contributed by atoms with Gasteiger partial charge in [0.05, 0.1) is 6.04 Å². The first kappa shape index (κ1) is 14.5. The molecule has 0 aliphatic carbocycles. The number of nitrogens with zero attached hydrogens (tertiary/aromatic N) is 2. The van der Waals surface area contributed by atoms with Gasteiger partial charge < -0.3 is 9.80 Å². The summed E-state index contributed by atoms with van der Waals surface area (Å²) >= 11 is 0. The van der Waals surface area contributed by atoms with Crippen molar-refractivity contribution in [3.63, 3.8) is 0 Å². The van der Waals surface area contributed by atoms with E-state index in [9.17, 15) is 4.79 Å². The summed E-state index contributed by atoms with van der Waals surface area (Å²) in [4.78, 5) is 16.9. The van der Waals surface area contributed by atoms with Gasteiger partial charge in [0.25, 0.3) is 0 Å². The van der Waals surface area contributed by atoms with E-state index >= 15 is 0 Å². The van der Waals surface area contributed by atoms with Crippen molar-refractivity contribution in [2.75, 3.05) is 26.7 Å². The molecule has 0 bridgehead atoms. The largest absolute Gasteiger partial charge is 0.321 e. The molecule has 4 nitrogen and oxygen atoms in total. The van der Waals surface area contributed by atoms with E-state index in [0.29, 0.717) is 5.92 Å². The van der Waals surface area contributed by atoms with E-state index in [2.05, 4.69) is 34.3 Å². The van der Waals surface area contributed by atoms with Crippen LogP contribution in [0.25, 0.3) is 0 Å². The molecule has 1 N–H and O–H groups in total. The zero-order valence-electron chi connectivity index (χ0n) is 13.0. The number of hydrogen-bond donors (Lipinski definition) is 1. The smallest absolute Gasteiger partial charge is 0.241 e. The summed E-state index contributed by atoms with van der Waals surface area (Å²) < 4.78 is 0. The molecule has 2 heterocycles. The Morgan fingerprint density at radius 3 is 2.52 bits per heavy atom. The number of carbonyl (C=O) groups is 1. The number of carbonyl (C=O) groups excluding carboxylic acids is 1. The van der Waals surface area contributed by atoms with Gasteiger partial charge in [-0.25, -0.2) is 0 Å². The molecule has 1 amide bonds. The van der Waals surface area contributed by atoms with Gasteiger partial charge in [-0.2, -0.15) is 0 Å². The lowest BCUT2D eigenvalue weighted by atomic mass is 9.96. The molecule has 2 unspecified atom stereocenters. The number of amides is 1. The van der Waals surface area contributed by atoms with Gasteiger partial charge in [0.2, 0.25) is 5.91 Å². The first-order valence-electron chi connectivity index (χ1n) is 7.95. The Hall–Kier alpha value is -1.39. The van der Waals surface area contributed by atoms with E-state index in [0.717, 1.165) is 19.6 Å². The van der Waals surface area contributed by atoms with Crippen LogP contribution in [0.5, 0.6) is 0 Å². The van der Waals surface area contributed by atoms with Crippen molar-refractivity contribution in [3.8, 4) is 0 Å². The highest BCUT2D eigenvalue weighted by Gasteiger charge is 2.38. The van der Waals surface area contributed by atoms with Gasteiger partial charge in [0.15, 0.2) is 0 Å². The third kappa shape index (κ3) is 3.11. The van der Waals surface area contributed by atoms with E-state index in [1.807, 2.05) is 25.1 Å². The van der Waals surface area contributed by atoms with Crippen molar-refractivity contribution in [1.29, 1.82) is 0 Å². The molecule has 0 spiro atoms. The zero-order chi connectivity index (χ0) is 14.8. The quantitative estimate of drug-likeness (QED) is 0.921. The van der Waals surface area contributed by atoms with Crippen LogP contribution in [-0.4, -0.2) is 48.4 Å². The van der Waals surface area contributed by atoms with Crippen LogP contribution in [0.1, 0.15) is 31.5 Å². The summed E-state index contributed by atoms with van der Waals surface area (Å²) in [5.41, 5.74) is 1.18. The standard InChI is InChI=1S/C17H25N3O/c1-13-17(21)20(12-14-8-10-19(2)11-9-14)16(18-13)15-6-4-3-5-7-15/h3-7,13-14,16,18H,8-12H2,1-2H3. The van der Waals surface area contributed by atoms with Crippen LogP contribution in [0.4, 0.5) is 0 Å². The van der Waals surface area contributed by atoms with Crippen molar-refractivity contribution < 1.29 is 4.79 Å². The fourth-order valence-corrected chi connectivity index (χ4v) is 3.40. The molecule has 4 heteroatoms. The van der Waals surface area contributed by atoms with Gasteiger partial charge in [0, 0.05) is 6.54 Å². The molecule has 2 fully saturated rings. The highest BCUT2D eigenvalue weighted by Crippen LogP contribution is 2.28. The van der Waals surface area contributed by atoms with Crippen molar-refractivity contribution >= 4 is 5.91 Å². The number of piperidine rings is 1. The molecule has 2 aliphatic heterocycles. The van der Waals surface area contributed by atoms with E-state index in [1.54, 1.807) is 0 Å². The lowest BCUT2D eigenvalue weighted by molar-refractivity contribution is -0.130. The predicted octanol–water partition coefficient (Wildman–Crippen LogP) is 1.85. The molecule has 0 saturated carbocycles. The third-order valence-corrected chi connectivity index (χ3v) is 4.78. The first-order chi connectivity index (χ1) is 10.1. The molecule has 3 rings (SSSR count). The highest BCUT2D eigenvalue weighted by molar-refractivity contribution is 5.84. The van der Waals surface area contributed by atoms with Crippen molar-refractivity contribution in [2.45, 2.75) is 32.0 Å². The molecular weight excluding hydrogens is 262 g/mol. The van der Waals surface area contributed by atoms with Crippen LogP contribution >= 0.6 is 0 Å². The van der Waals surface area contributed by atoms with Crippen molar-refractivity contribution in [1.82, 2.24) is 15.1 Å². The van der Waals surface area contributed by atoms with Crippen molar-refractivity contribution in [2.24, 2.45) is 5.92 Å². The van der Waals surface area contributed by atoms with Crippen LogP contribution in [0.15, 0.2) is 30.3 Å². The van der Waals surface area contributed by atoms with Crippen LogP contribution in [0, 0.1) is 5.92 Å². The molecule has 0 aromatic heterocycles. The van der Waals surface area contributed by atoms with Gasteiger partial charge in [0.1, 0.15) is 6.17 Å². The SMILES string of the molecule is CC1NC(c2ccccc2)N(CC2CCN(C)CC2)C1=O. The summed E-state index contributed by atoms with van der Waals surface area (Å²) in [5, 5.41) is 3.43. The van der Waals surface area contributed by atoms with Gasteiger partial charge in [-0.1, -0.05) is 30.3 Å². The molecule has 2 atom stereocenters. The number of rotatable bonds is 3. The molecule has 114 valence electrons. The second kappa shape index (κ2) is 6.16. The Labute approximate surface area is 127 Å². The summed E-state index contributed by atoms with van der Waals surface area (Å²) in [6, 6.07) is 10.2. The average molecular weight is 287 g/mol. The minimum absolute atomic E-state index is 0.0355. The second-order valence-corrected chi connectivity index (χ2v) is 6.44. The minimum Gasteiger partial charge on any atom is -0.321 e. The fraction of sp³-hybridized carbons (Fsp3) is 0.588. The second-order valence-electron chi connectivity index (χ2n) is 6.44. The third-order valence-electron chi connectivity index (χ3n) is 4.78. The fourth-order valence-electron chi connectivity index (χ4n) is 3.40. The normalized spacial score (nSPS) is 28.3. The lowest BCUT2D eigenvalue weighted by Gasteiger charge is -2.33. The molecule has 2 aliphatic rings. The van der Waals surface area contributed by atoms with Crippen LogP contribution in [0.2, 0.25) is 0 Å². The monoisotopic (exact) mass is 287 g/mol. The molecule has 21 heavy (non-hydrogen) atoms. The topological polar surface area (TPSA) is 35.6 Å². The maximum atomic E-state index is 12.5. The van der Waals surface area contributed by atoms with E-state index in [4.69, 9.17) is 0 Å². The van der Waals surface area contributed by atoms with Gasteiger partial charge in [-0.3, -0.25) is 10.1 Å². The Bertz CT molecular complexity index is 482. The van der Waals surface area contributed by atoms with E-state index < -0.39 is 0 Å². The number of benzene rings is 1. The minimum atomic E-state index is -0.0820. The summed E-state index contributed by atoms with van der Waals surface area (Å²) in [5.74, 6) is 0.867. The van der Waals surface area contributed by atoms with Crippen LogP contribution < -0.4 is 5.32 Å². The van der Waals surface area contributed by atoms with Gasteiger partial charge in [-0.15, -0.1) is 0 Å². The molecule has 1 aromatic carbocycles. The lowest BCUT2D eigenvalue weighted by Crippen LogP contribution is -2.39. The number of nitrogens with one attached hydrogen (secondary N) is 1. The highest BCUT2D eigenvalue weighted by atomic mass is 16.2. The van der Waals surface area contributed by atoms with Gasteiger partial charge in [-0.05, 0) is 51.4 Å². The average Bonchev–Trinajstić information content (AvgIpc) is 2.79. The predicted molar refractivity (Wildman–Crippen MR) is 83.7 cm³/mol. The Morgan fingerprint density at radius 2 is 1.86 bits per heavy atom. The van der Waals surface area contributed by atoms with Crippen LogP contribution in [-0.2, 0) is 4.79 Å². The Balaban J connectivity index is 1.72. The Morgan fingerprint density at radius 1 is 1.19 bits per heavy atom. The molecule has 0 radical (unpaired) electrons. The zero-order valence-corrected chi connectivity index (χ0v) is 13.0. The van der Waals surface area contributed by atoms with Gasteiger partial charge >= 0.3 is 0 Å². The van der Waals surface area contributed by atoms with E-state index in [1.165, 1.54) is 18.4 Å².